The molecule has 0 atom stereocenters. The van der Waals surface area contributed by atoms with E-state index >= 15 is 0 Å². The zero-order valence-corrected chi connectivity index (χ0v) is 6.74. The Kier molecular flexibility index (Phi) is 6.31. The van der Waals surface area contributed by atoms with Gasteiger partial charge in [0.15, 0.2) is 0 Å². The molecule has 0 aliphatic rings. The molecule has 6 heteroatoms. The lowest BCUT2D eigenvalue weighted by Crippen LogP contribution is -2.20. The van der Waals surface area contributed by atoms with Gasteiger partial charge in [-0.15, -0.1) is 0 Å². The van der Waals surface area contributed by atoms with Gasteiger partial charge in [-0.05, 0) is 13.0 Å². The second kappa shape index (κ2) is 5.59. The van der Waals surface area contributed by atoms with E-state index in [2.05, 4.69) is 0 Å². The summed E-state index contributed by atoms with van der Waals surface area (Å²) in [6.07, 6.45) is -4.01. The van der Waals surface area contributed by atoms with Crippen LogP contribution in [0.1, 0.15) is 6.92 Å². The Hall–Kier alpha value is -1.04. The summed E-state index contributed by atoms with van der Waals surface area (Å²) in [5.74, 6) is 0. The van der Waals surface area contributed by atoms with E-state index in [-0.39, 0.29) is 5.70 Å². The third kappa shape index (κ3) is 7.07. The molecule has 0 aromatic rings. The molecule has 0 rings (SSSR count). The smallest absolute Gasteiger partial charge is 0.402 e. The van der Waals surface area contributed by atoms with Gasteiger partial charge in [0.25, 0.3) is 0 Å². The Morgan fingerprint density at radius 3 is 1.83 bits per heavy atom. The molecule has 0 radical (unpaired) electrons. The van der Waals surface area contributed by atoms with E-state index in [0.29, 0.717) is 6.08 Å². The van der Waals surface area contributed by atoms with Crippen LogP contribution in [0.2, 0.25) is 0 Å². The van der Waals surface area contributed by atoms with E-state index < -0.39 is 11.9 Å². The largest absolute Gasteiger partial charge is 0.432 e. The molecule has 0 amide bonds. The molecule has 72 valence electrons. The zero-order valence-electron chi connectivity index (χ0n) is 6.74. The molecule has 12 heavy (non-hydrogen) atoms. The summed E-state index contributed by atoms with van der Waals surface area (Å²) < 4.78 is 34.5. The maximum Gasteiger partial charge on any atom is 0.432 e. The van der Waals surface area contributed by atoms with E-state index in [4.69, 9.17) is 16.2 Å². The first-order valence-electron chi connectivity index (χ1n) is 2.88. The summed E-state index contributed by atoms with van der Waals surface area (Å²) in [5.41, 5.74) is 3.46. The quantitative estimate of drug-likeness (QED) is 0.533. The number of allylic oxidation sites excluding steroid dienone is 2. The Balaban J connectivity index is 0. The highest BCUT2D eigenvalue weighted by atomic mass is 19.4. The first kappa shape index (κ1) is 13.5. The van der Waals surface area contributed by atoms with Crippen molar-refractivity contribution in [1.29, 1.82) is 5.41 Å². The van der Waals surface area contributed by atoms with Crippen molar-refractivity contribution in [2.45, 2.75) is 13.1 Å². The molecule has 0 heterocycles. The van der Waals surface area contributed by atoms with E-state index in [9.17, 15) is 13.2 Å². The first-order valence-corrected chi connectivity index (χ1v) is 2.88. The predicted octanol–water partition coefficient (Wildman–Crippen LogP) is 1.04. The van der Waals surface area contributed by atoms with Crippen molar-refractivity contribution in [3.63, 3.8) is 0 Å². The number of nitrogens with two attached hydrogens (primary N) is 1. The summed E-state index contributed by atoms with van der Waals surface area (Å²) in [7, 11) is 1.00. The van der Waals surface area contributed by atoms with Gasteiger partial charge in [0.1, 0.15) is 5.71 Å². The van der Waals surface area contributed by atoms with Gasteiger partial charge in [0.05, 0.1) is 0 Å². The SMILES string of the molecule is C/C(N)=C/C(=N)C(F)(F)F.CO. The number of aliphatic hydroxyl groups excluding tert-OH is 1. The molecule has 0 aliphatic heterocycles. The molecule has 0 aromatic carbocycles. The van der Waals surface area contributed by atoms with Gasteiger partial charge in [-0.1, -0.05) is 0 Å². The van der Waals surface area contributed by atoms with Crippen molar-refractivity contribution < 1.29 is 18.3 Å². The number of hydrogen-bond donors (Lipinski definition) is 3. The van der Waals surface area contributed by atoms with Crippen LogP contribution in [0.4, 0.5) is 13.2 Å². The molecular weight excluding hydrogens is 173 g/mol. The molecule has 0 saturated heterocycles. The Labute approximate surface area is 68.2 Å². The van der Waals surface area contributed by atoms with Crippen molar-refractivity contribution in [2.75, 3.05) is 7.11 Å². The molecule has 0 aromatic heterocycles. The van der Waals surface area contributed by atoms with Gasteiger partial charge in [-0.2, -0.15) is 13.2 Å². The monoisotopic (exact) mass is 184 g/mol. The fraction of sp³-hybridized carbons (Fsp3) is 0.500. The molecule has 0 aliphatic carbocycles. The lowest BCUT2D eigenvalue weighted by molar-refractivity contribution is -0.0584. The molecule has 0 fully saturated rings. The van der Waals surface area contributed by atoms with Crippen molar-refractivity contribution in [1.82, 2.24) is 0 Å². The van der Waals surface area contributed by atoms with Crippen LogP contribution in [-0.2, 0) is 0 Å². The third-order valence-electron chi connectivity index (χ3n) is 0.677. The van der Waals surface area contributed by atoms with Crippen molar-refractivity contribution in [2.24, 2.45) is 5.73 Å². The van der Waals surface area contributed by atoms with Gasteiger partial charge in [-0.25, -0.2) is 0 Å². The molecule has 0 saturated carbocycles. The summed E-state index contributed by atoms with van der Waals surface area (Å²) >= 11 is 0. The minimum absolute atomic E-state index is 0.0256. The number of aliphatic hydroxyl groups is 1. The Morgan fingerprint density at radius 2 is 1.75 bits per heavy atom. The highest BCUT2D eigenvalue weighted by molar-refractivity contribution is 5.97. The number of alkyl halides is 3. The van der Waals surface area contributed by atoms with Gasteiger partial charge < -0.3 is 10.8 Å². The lowest BCUT2D eigenvalue weighted by Gasteiger charge is -2.02. The third-order valence-corrected chi connectivity index (χ3v) is 0.677. The van der Waals surface area contributed by atoms with Crippen LogP contribution in [0.25, 0.3) is 0 Å². The van der Waals surface area contributed by atoms with Crippen LogP contribution in [0.3, 0.4) is 0 Å². The normalized spacial score (nSPS) is 11.7. The van der Waals surface area contributed by atoms with Crippen LogP contribution in [-0.4, -0.2) is 24.1 Å². The van der Waals surface area contributed by atoms with Gasteiger partial charge in [0, 0.05) is 12.8 Å². The van der Waals surface area contributed by atoms with Crippen LogP contribution in [0.15, 0.2) is 11.8 Å². The van der Waals surface area contributed by atoms with Gasteiger partial charge in [-0.3, -0.25) is 5.41 Å². The number of rotatable bonds is 1. The number of hydrogen-bond acceptors (Lipinski definition) is 3. The number of nitrogens with one attached hydrogen (secondary N) is 1. The second-order valence-corrected chi connectivity index (χ2v) is 1.80. The van der Waals surface area contributed by atoms with E-state index in [0.717, 1.165) is 7.11 Å². The summed E-state index contributed by atoms with van der Waals surface area (Å²) in [5, 5.41) is 13.4. The molecule has 0 bridgehead atoms. The second-order valence-electron chi connectivity index (χ2n) is 1.80. The van der Waals surface area contributed by atoms with Crippen molar-refractivity contribution >= 4 is 5.71 Å². The fourth-order valence-corrected chi connectivity index (χ4v) is 0.310. The lowest BCUT2D eigenvalue weighted by atomic mass is 10.3. The van der Waals surface area contributed by atoms with E-state index in [1.807, 2.05) is 0 Å². The van der Waals surface area contributed by atoms with Crippen LogP contribution in [0, 0.1) is 5.41 Å². The molecule has 4 N–H and O–H groups in total. The van der Waals surface area contributed by atoms with Gasteiger partial charge >= 0.3 is 6.18 Å². The average molecular weight is 184 g/mol. The summed E-state index contributed by atoms with van der Waals surface area (Å²) in [6.45, 7) is 1.29. The number of halogens is 3. The minimum atomic E-state index is -4.58. The maximum atomic E-state index is 11.5. The summed E-state index contributed by atoms with van der Waals surface area (Å²) in [6, 6.07) is 0. The van der Waals surface area contributed by atoms with E-state index in [1.54, 1.807) is 0 Å². The van der Waals surface area contributed by atoms with Crippen molar-refractivity contribution in [3.8, 4) is 0 Å². The zero-order chi connectivity index (χ0) is 10.4. The van der Waals surface area contributed by atoms with Crippen molar-refractivity contribution in [3.05, 3.63) is 11.8 Å². The minimum Gasteiger partial charge on any atom is -0.402 e. The standard InChI is InChI=1S/C5H7F3N2.CH4O/c1-3(9)2-4(10)5(6,7)8;1-2/h2,10H,9H2,1H3;2H,1H3/b3-2-,10-4?;. The predicted molar refractivity (Wildman–Crippen MR) is 39.9 cm³/mol. The van der Waals surface area contributed by atoms with Crippen LogP contribution in [0.5, 0.6) is 0 Å². The molecular formula is C6H11F3N2O. The summed E-state index contributed by atoms with van der Waals surface area (Å²) in [4.78, 5) is 0. The highest BCUT2D eigenvalue weighted by Gasteiger charge is 2.32. The maximum absolute atomic E-state index is 11.5. The molecule has 0 unspecified atom stereocenters. The Bertz CT molecular complexity index is 170. The fourth-order valence-electron chi connectivity index (χ4n) is 0.310. The van der Waals surface area contributed by atoms with Crippen LogP contribution >= 0.6 is 0 Å². The first-order chi connectivity index (χ1) is 5.34. The Morgan fingerprint density at radius 1 is 1.42 bits per heavy atom. The highest BCUT2D eigenvalue weighted by Crippen LogP contribution is 2.16. The molecule has 0 spiro atoms. The average Bonchev–Trinajstić information content (AvgIpc) is 1.88. The van der Waals surface area contributed by atoms with E-state index in [1.165, 1.54) is 6.92 Å². The molecule has 3 nitrogen and oxygen atoms in total. The van der Waals surface area contributed by atoms with Crippen LogP contribution < -0.4 is 5.73 Å². The topological polar surface area (TPSA) is 70.1 Å². The van der Waals surface area contributed by atoms with Gasteiger partial charge in [0.2, 0.25) is 0 Å².